The molecule has 1 aromatic carbocycles. The molecule has 152 valence electrons. The monoisotopic (exact) mass is 417 g/mol. The molecular formula is C18H19ClF3N3O3. The lowest BCUT2D eigenvalue weighted by Gasteiger charge is -2.29. The summed E-state index contributed by atoms with van der Waals surface area (Å²) in [5.41, 5.74) is 3.90. The second-order valence-electron chi connectivity index (χ2n) is 7.12. The number of amides is 1. The second kappa shape index (κ2) is 6.88. The topological polar surface area (TPSA) is 79.4 Å². The first-order valence-electron chi connectivity index (χ1n) is 8.45. The summed E-state index contributed by atoms with van der Waals surface area (Å²) in [6.07, 6.45) is -4.80. The molecule has 3 rings (SSSR count). The summed E-state index contributed by atoms with van der Waals surface area (Å²) >= 11 is 6.07. The highest BCUT2D eigenvalue weighted by atomic mass is 35.5. The molecule has 2 N–H and O–H groups in total. The number of rotatable bonds is 5. The number of alkyl halides is 3. The molecule has 28 heavy (non-hydrogen) atoms. The number of nitrogens with zero attached hydrogens (tertiary/aromatic N) is 2. The number of carbonyl (C=O) groups is 1. The maximum absolute atomic E-state index is 13.2. The summed E-state index contributed by atoms with van der Waals surface area (Å²) in [7, 11) is 0. The number of aromatic nitrogens is 2. The van der Waals surface area contributed by atoms with Crippen LogP contribution in [-0.2, 0) is 12.0 Å². The first-order valence-corrected chi connectivity index (χ1v) is 8.82. The molecule has 1 unspecified atom stereocenters. The summed E-state index contributed by atoms with van der Waals surface area (Å²) in [6, 6.07) is 4.39. The predicted octanol–water partition coefficient (Wildman–Crippen LogP) is 3.62. The number of carbonyl (C=O) groups excluding carboxylic acids is 1. The van der Waals surface area contributed by atoms with Crippen molar-refractivity contribution in [3.05, 3.63) is 40.2 Å². The first-order chi connectivity index (χ1) is 12.9. The van der Waals surface area contributed by atoms with E-state index in [-0.39, 0.29) is 35.0 Å². The molecule has 10 heteroatoms. The van der Waals surface area contributed by atoms with Crippen molar-refractivity contribution in [2.24, 2.45) is 5.73 Å². The largest absolute Gasteiger partial charge is 0.490 e. The lowest BCUT2D eigenvalue weighted by molar-refractivity contribution is -0.180. The van der Waals surface area contributed by atoms with E-state index in [1.165, 1.54) is 18.2 Å². The maximum Gasteiger partial charge on any atom is 0.397 e. The summed E-state index contributed by atoms with van der Waals surface area (Å²) in [5.74, 6) is -0.304. The van der Waals surface area contributed by atoms with Crippen LogP contribution in [-0.4, -0.2) is 34.3 Å². The lowest BCUT2D eigenvalue weighted by Crippen LogP contribution is -2.36. The zero-order valence-corrected chi connectivity index (χ0v) is 16.2. The van der Waals surface area contributed by atoms with Gasteiger partial charge in [0.25, 0.3) is 11.9 Å². The molecule has 0 saturated heterocycles. The van der Waals surface area contributed by atoms with Gasteiger partial charge in [-0.25, -0.2) is 0 Å². The van der Waals surface area contributed by atoms with Crippen molar-refractivity contribution in [1.29, 1.82) is 0 Å². The minimum Gasteiger partial charge on any atom is -0.490 e. The Labute approximate surface area is 164 Å². The Hall–Kier alpha value is -2.42. The molecule has 0 aliphatic carbocycles. The van der Waals surface area contributed by atoms with E-state index in [2.05, 4.69) is 4.98 Å². The molecular weight excluding hydrogens is 399 g/mol. The number of nitrogens with two attached hydrogens (primary N) is 1. The van der Waals surface area contributed by atoms with Crippen molar-refractivity contribution in [2.75, 3.05) is 6.61 Å². The third-order valence-electron chi connectivity index (χ3n) is 4.84. The third kappa shape index (κ3) is 3.50. The van der Waals surface area contributed by atoms with Gasteiger partial charge < -0.3 is 15.2 Å². The predicted molar refractivity (Wildman–Crippen MR) is 95.9 cm³/mol. The Morgan fingerprint density at radius 3 is 2.64 bits per heavy atom. The number of halogens is 4. The number of imidazole rings is 1. The van der Waals surface area contributed by atoms with Gasteiger partial charge >= 0.3 is 6.18 Å². The van der Waals surface area contributed by atoms with Crippen LogP contribution in [0.5, 0.6) is 11.8 Å². The summed E-state index contributed by atoms with van der Waals surface area (Å²) in [4.78, 5) is 15.3. The van der Waals surface area contributed by atoms with Gasteiger partial charge in [-0.05, 0) is 38.5 Å². The number of fused-ring (bicyclic) bond motifs is 1. The highest BCUT2D eigenvalue weighted by Gasteiger charge is 2.49. The van der Waals surface area contributed by atoms with Crippen LogP contribution in [0, 0.1) is 6.92 Å². The van der Waals surface area contributed by atoms with Crippen LogP contribution >= 0.6 is 11.6 Å². The number of benzene rings is 1. The Morgan fingerprint density at radius 1 is 1.43 bits per heavy atom. The molecule has 0 radical (unpaired) electrons. The van der Waals surface area contributed by atoms with Crippen LogP contribution in [0.1, 0.15) is 35.6 Å². The van der Waals surface area contributed by atoms with Crippen LogP contribution in [0.3, 0.4) is 0 Å². The van der Waals surface area contributed by atoms with E-state index < -0.39 is 17.5 Å². The zero-order chi connectivity index (χ0) is 20.9. The number of hydrogen-bond acceptors (Lipinski definition) is 4. The van der Waals surface area contributed by atoms with E-state index in [0.717, 1.165) is 13.8 Å². The van der Waals surface area contributed by atoms with Gasteiger partial charge in [-0.2, -0.15) is 18.2 Å². The molecule has 1 aliphatic rings. The fraction of sp³-hybridized carbons (Fsp3) is 0.444. The smallest absolute Gasteiger partial charge is 0.397 e. The average Bonchev–Trinajstić information content (AvgIpc) is 3.11. The van der Waals surface area contributed by atoms with E-state index in [0.29, 0.717) is 18.0 Å². The van der Waals surface area contributed by atoms with Crippen molar-refractivity contribution >= 4 is 17.5 Å². The molecule has 0 bridgehead atoms. The SMILES string of the molecule is Cc1c(C(N)=O)nc2n1CC(COc1ccc(C(C)(C)C(F)(F)F)c(Cl)c1)O2. The summed E-state index contributed by atoms with van der Waals surface area (Å²) in [5, 5.41) is -0.0259. The quantitative estimate of drug-likeness (QED) is 0.805. The molecule has 1 aliphatic heterocycles. The van der Waals surface area contributed by atoms with Gasteiger partial charge in [-0.3, -0.25) is 9.36 Å². The molecule has 0 saturated carbocycles. The highest BCUT2D eigenvalue weighted by Crippen LogP contribution is 2.43. The molecule has 1 aromatic heterocycles. The number of ether oxygens (including phenoxy) is 2. The van der Waals surface area contributed by atoms with Crippen LogP contribution in [0.15, 0.2) is 18.2 Å². The molecule has 1 amide bonds. The van der Waals surface area contributed by atoms with Gasteiger partial charge in [0.15, 0.2) is 11.8 Å². The fourth-order valence-corrected chi connectivity index (χ4v) is 3.36. The normalized spacial score (nSPS) is 16.6. The molecule has 0 spiro atoms. The summed E-state index contributed by atoms with van der Waals surface area (Å²) in [6.45, 7) is 4.40. The van der Waals surface area contributed by atoms with Crippen molar-refractivity contribution in [3.8, 4) is 11.8 Å². The van der Waals surface area contributed by atoms with Gasteiger partial charge in [0.2, 0.25) is 0 Å². The molecule has 2 heterocycles. The second-order valence-corrected chi connectivity index (χ2v) is 7.53. The van der Waals surface area contributed by atoms with Crippen molar-refractivity contribution < 1.29 is 27.4 Å². The molecule has 2 aromatic rings. The Kier molecular flexibility index (Phi) is 4.99. The molecule has 6 nitrogen and oxygen atoms in total. The minimum absolute atomic E-state index is 0.0259. The maximum atomic E-state index is 13.2. The van der Waals surface area contributed by atoms with Crippen molar-refractivity contribution in [3.63, 3.8) is 0 Å². The van der Waals surface area contributed by atoms with Gasteiger partial charge in [0.1, 0.15) is 12.4 Å². The first kappa shape index (κ1) is 20.3. The van der Waals surface area contributed by atoms with E-state index in [9.17, 15) is 18.0 Å². The number of hydrogen-bond donors (Lipinski definition) is 1. The Morgan fingerprint density at radius 2 is 2.11 bits per heavy atom. The van der Waals surface area contributed by atoms with Crippen molar-refractivity contribution in [1.82, 2.24) is 9.55 Å². The van der Waals surface area contributed by atoms with Gasteiger partial charge in [-0.1, -0.05) is 17.7 Å². The Bertz CT molecular complexity index is 925. The van der Waals surface area contributed by atoms with Gasteiger partial charge in [0.05, 0.1) is 17.7 Å². The van der Waals surface area contributed by atoms with Crippen LogP contribution in [0.4, 0.5) is 13.2 Å². The average molecular weight is 418 g/mol. The standard InChI is InChI=1S/C18H19ClF3N3O3/c1-9-14(15(23)26)24-16-25(9)7-11(28-16)8-27-10-4-5-12(13(19)6-10)17(2,3)18(20,21)22/h4-6,11H,7-8H2,1-3H3,(H2,23,26). The zero-order valence-electron chi connectivity index (χ0n) is 15.4. The lowest BCUT2D eigenvalue weighted by atomic mass is 9.84. The number of primary amides is 1. The third-order valence-corrected chi connectivity index (χ3v) is 5.15. The van der Waals surface area contributed by atoms with Gasteiger partial charge in [0, 0.05) is 5.02 Å². The summed E-state index contributed by atoms with van der Waals surface area (Å²) < 4.78 is 52.6. The fourth-order valence-electron chi connectivity index (χ4n) is 2.96. The van der Waals surface area contributed by atoms with Gasteiger partial charge in [-0.15, -0.1) is 0 Å². The molecule has 1 atom stereocenters. The molecule has 0 fully saturated rings. The van der Waals surface area contributed by atoms with E-state index in [4.69, 9.17) is 26.8 Å². The van der Waals surface area contributed by atoms with Crippen LogP contribution in [0.25, 0.3) is 0 Å². The highest BCUT2D eigenvalue weighted by molar-refractivity contribution is 6.31. The Balaban J connectivity index is 1.66. The van der Waals surface area contributed by atoms with E-state index in [1.54, 1.807) is 11.5 Å². The van der Waals surface area contributed by atoms with Crippen LogP contribution < -0.4 is 15.2 Å². The van der Waals surface area contributed by atoms with E-state index in [1.807, 2.05) is 0 Å². The van der Waals surface area contributed by atoms with E-state index >= 15 is 0 Å². The van der Waals surface area contributed by atoms with Crippen LogP contribution in [0.2, 0.25) is 5.02 Å². The van der Waals surface area contributed by atoms with Crippen molar-refractivity contribution in [2.45, 2.75) is 45.0 Å². The minimum atomic E-state index is -4.43.